The number of carbonyl (C=O) groups excluding carboxylic acids is 1. The fraction of sp³-hybridized carbons (Fsp3) is 0.389. The zero-order valence-corrected chi connectivity index (χ0v) is 14.6. The Morgan fingerprint density at radius 2 is 1.92 bits per heavy atom. The summed E-state index contributed by atoms with van der Waals surface area (Å²) in [4.78, 5) is 24.8. The van der Waals surface area contributed by atoms with Crippen LogP contribution in [0.5, 0.6) is 0 Å². The van der Waals surface area contributed by atoms with Crippen LogP contribution in [0.15, 0.2) is 30.6 Å². The molecule has 1 aromatic carbocycles. The highest BCUT2D eigenvalue weighted by molar-refractivity contribution is 5.97. The third kappa shape index (κ3) is 3.35. The molecule has 1 fully saturated rings. The molecule has 2 aromatic rings. The van der Waals surface area contributed by atoms with Gasteiger partial charge in [0.1, 0.15) is 12.0 Å². The fourth-order valence-electron chi connectivity index (χ4n) is 3.17. The predicted octanol–water partition coefficient (Wildman–Crippen LogP) is 2.60. The van der Waals surface area contributed by atoms with Gasteiger partial charge in [0.2, 0.25) is 0 Å². The SMILES string of the molecule is COC(=O)c1ccccc1N(C)c1ncnc(N2CCCCC2)c1N. The number of aromatic nitrogens is 2. The van der Waals surface area contributed by atoms with E-state index in [0.29, 0.717) is 22.8 Å². The maximum Gasteiger partial charge on any atom is 0.339 e. The molecular formula is C18H23N5O2. The first-order valence-corrected chi connectivity index (χ1v) is 8.40. The van der Waals surface area contributed by atoms with Crippen LogP contribution in [-0.4, -0.2) is 43.2 Å². The molecule has 0 aliphatic carbocycles. The molecule has 0 amide bonds. The zero-order chi connectivity index (χ0) is 17.8. The number of ether oxygens (including phenoxy) is 1. The van der Waals surface area contributed by atoms with Crippen molar-refractivity contribution >= 4 is 29.0 Å². The molecular weight excluding hydrogens is 318 g/mol. The molecule has 0 saturated carbocycles. The number of methoxy groups -OCH3 is 1. The Kier molecular flexibility index (Phi) is 5.02. The second kappa shape index (κ2) is 7.38. The predicted molar refractivity (Wildman–Crippen MR) is 98.4 cm³/mol. The standard InChI is InChI=1S/C18H23N5O2/c1-22(14-9-5-4-8-13(14)18(24)25-2)16-15(19)17(21-12-20-16)23-10-6-3-7-11-23/h4-5,8-9,12H,3,6-7,10-11,19H2,1-2H3. The van der Waals surface area contributed by atoms with Gasteiger partial charge in [-0.1, -0.05) is 12.1 Å². The van der Waals surface area contributed by atoms with Gasteiger partial charge >= 0.3 is 5.97 Å². The summed E-state index contributed by atoms with van der Waals surface area (Å²) in [5, 5.41) is 0. The van der Waals surface area contributed by atoms with Crippen LogP contribution in [0.1, 0.15) is 29.6 Å². The van der Waals surface area contributed by atoms with E-state index in [-0.39, 0.29) is 0 Å². The van der Waals surface area contributed by atoms with Crippen molar-refractivity contribution in [2.75, 3.05) is 42.8 Å². The average molecular weight is 341 g/mol. The average Bonchev–Trinajstić information content (AvgIpc) is 2.67. The van der Waals surface area contributed by atoms with Crippen LogP contribution in [0.3, 0.4) is 0 Å². The lowest BCUT2D eigenvalue weighted by atomic mass is 10.1. The van der Waals surface area contributed by atoms with Gasteiger partial charge in [-0.25, -0.2) is 14.8 Å². The van der Waals surface area contributed by atoms with Crippen LogP contribution in [0.2, 0.25) is 0 Å². The normalized spacial score (nSPS) is 14.2. The largest absolute Gasteiger partial charge is 0.465 e. The summed E-state index contributed by atoms with van der Waals surface area (Å²) in [6, 6.07) is 7.22. The van der Waals surface area contributed by atoms with Crippen molar-refractivity contribution in [2.45, 2.75) is 19.3 Å². The number of nitrogens with two attached hydrogens (primary N) is 1. The first-order chi connectivity index (χ1) is 12.1. The first kappa shape index (κ1) is 17.0. The minimum absolute atomic E-state index is 0.397. The number of rotatable bonds is 4. The van der Waals surface area contributed by atoms with Crippen molar-refractivity contribution in [3.63, 3.8) is 0 Å². The molecule has 2 N–H and O–H groups in total. The number of hydrogen-bond acceptors (Lipinski definition) is 7. The van der Waals surface area contributed by atoms with Gasteiger partial charge in [0, 0.05) is 20.1 Å². The molecule has 132 valence electrons. The van der Waals surface area contributed by atoms with Crippen LogP contribution in [-0.2, 0) is 4.74 Å². The molecule has 1 aromatic heterocycles. The Labute approximate surface area is 147 Å². The van der Waals surface area contributed by atoms with Gasteiger partial charge in [0.05, 0.1) is 18.4 Å². The van der Waals surface area contributed by atoms with Gasteiger partial charge in [0.15, 0.2) is 11.6 Å². The molecule has 0 radical (unpaired) electrons. The molecule has 1 saturated heterocycles. The monoisotopic (exact) mass is 341 g/mol. The Bertz CT molecular complexity index is 759. The number of para-hydroxylation sites is 1. The summed E-state index contributed by atoms with van der Waals surface area (Å²) in [6.07, 6.45) is 5.03. The summed E-state index contributed by atoms with van der Waals surface area (Å²) >= 11 is 0. The number of nitrogens with zero attached hydrogens (tertiary/aromatic N) is 4. The molecule has 0 bridgehead atoms. The molecule has 0 unspecified atom stereocenters. The summed E-state index contributed by atoms with van der Waals surface area (Å²) in [6.45, 7) is 1.90. The highest BCUT2D eigenvalue weighted by atomic mass is 16.5. The Balaban J connectivity index is 1.98. The number of hydrogen-bond donors (Lipinski definition) is 1. The number of benzene rings is 1. The lowest BCUT2D eigenvalue weighted by molar-refractivity contribution is 0.0601. The van der Waals surface area contributed by atoms with Crippen molar-refractivity contribution < 1.29 is 9.53 Å². The molecule has 0 atom stereocenters. The number of piperidine rings is 1. The number of esters is 1. The minimum atomic E-state index is -0.397. The summed E-state index contributed by atoms with van der Waals surface area (Å²) in [7, 11) is 3.20. The van der Waals surface area contributed by atoms with Crippen molar-refractivity contribution in [1.29, 1.82) is 0 Å². The van der Waals surface area contributed by atoms with Crippen LogP contribution in [0.25, 0.3) is 0 Å². The van der Waals surface area contributed by atoms with E-state index < -0.39 is 5.97 Å². The summed E-state index contributed by atoms with van der Waals surface area (Å²) in [5.74, 6) is 0.936. The molecule has 3 rings (SSSR count). The Morgan fingerprint density at radius 1 is 1.20 bits per heavy atom. The van der Waals surface area contributed by atoms with E-state index >= 15 is 0 Å². The lowest BCUT2D eigenvalue weighted by Gasteiger charge is -2.30. The smallest absolute Gasteiger partial charge is 0.339 e. The fourth-order valence-corrected chi connectivity index (χ4v) is 3.17. The van der Waals surface area contributed by atoms with Gasteiger partial charge in [-0.2, -0.15) is 0 Å². The highest BCUT2D eigenvalue weighted by Crippen LogP contribution is 2.34. The van der Waals surface area contributed by atoms with Gasteiger partial charge in [-0.15, -0.1) is 0 Å². The quantitative estimate of drug-likeness (QED) is 0.856. The summed E-state index contributed by atoms with van der Waals surface area (Å²) in [5.41, 5.74) is 8.05. The third-order valence-electron chi connectivity index (χ3n) is 4.49. The van der Waals surface area contributed by atoms with Gasteiger partial charge < -0.3 is 20.3 Å². The van der Waals surface area contributed by atoms with E-state index in [0.717, 1.165) is 31.7 Å². The van der Waals surface area contributed by atoms with E-state index in [1.807, 2.05) is 19.2 Å². The first-order valence-electron chi connectivity index (χ1n) is 8.40. The van der Waals surface area contributed by atoms with E-state index in [9.17, 15) is 4.79 Å². The maximum atomic E-state index is 12.0. The summed E-state index contributed by atoms with van der Waals surface area (Å²) < 4.78 is 4.87. The van der Waals surface area contributed by atoms with Crippen LogP contribution in [0, 0.1) is 0 Å². The second-order valence-electron chi connectivity index (χ2n) is 6.05. The zero-order valence-electron chi connectivity index (χ0n) is 14.6. The van der Waals surface area contributed by atoms with E-state index in [2.05, 4.69) is 14.9 Å². The van der Waals surface area contributed by atoms with E-state index in [4.69, 9.17) is 10.5 Å². The Morgan fingerprint density at radius 3 is 2.64 bits per heavy atom. The van der Waals surface area contributed by atoms with E-state index in [1.54, 1.807) is 17.0 Å². The molecule has 7 heteroatoms. The minimum Gasteiger partial charge on any atom is -0.465 e. The molecule has 7 nitrogen and oxygen atoms in total. The van der Waals surface area contributed by atoms with Gasteiger partial charge in [-0.05, 0) is 31.4 Å². The van der Waals surface area contributed by atoms with Gasteiger partial charge in [0.25, 0.3) is 0 Å². The molecule has 2 heterocycles. The maximum absolute atomic E-state index is 12.0. The van der Waals surface area contributed by atoms with Crippen molar-refractivity contribution in [3.05, 3.63) is 36.2 Å². The van der Waals surface area contributed by atoms with Crippen molar-refractivity contribution in [3.8, 4) is 0 Å². The molecule has 1 aliphatic heterocycles. The van der Waals surface area contributed by atoms with Crippen molar-refractivity contribution in [1.82, 2.24) is 9.97 Å². The second-order valence-corrected chi connectivity index (χ2v) is 6.05. The molecule has 25 heavy (non-hydrogen) atoms. The lowest BCUT2D eigenvalue weighted by Crippen LogP contribution is -2.31. The van der Waals surface area contributed by atoms with E-state index in [1.165, 1.54) is 19.9 Å². The third-order valence-corrected chi connectivity index (χ3v) is 4.49. The van der Waals surface area contributed by atoms with Crippen LogP contribution in [0.4, 0.5) is 23.0 Å². The highest BCUT2D eigenvalue weighted by Gasteiger charge is 2.22. The number of anilines is 4. The molecule has 1 aliphatic rings. The van der Waals surface area contributed by atoms with Crippen LogP contribution >= 0.6 is 0 Å². The van der Waals surface area contributed by atoms with Crippen LogP contribution < -0.4 is 15.5 Å². The topological polar surface area (TPSA) is 84.6 Å². The molecule has 0 spiro atoms. The Hall–Kier alpha value is -2.83. The van der Waals surface area contributed by atoms with Crippen molar-refractivity contribution in [2.24, 2.45) is 0 Å². The number of carbonyl (C=O) groups is 1. The number of nitrogen functional groups attached to an aromatic ring is 1. The van der Waals surface area contributed by atoms with Gasteiger partial charge in [-0.3, -0.25) is 0 Å².